The highest BCUT2D eigenvalue weighted by Crippen LogP contribution is 2.20. The van der Waals surface area contributed by atoms with Gasteiger partial charge in [-0.25, -0.2) is 9.18 Å². The minimum atomic E-state index is -0.992. The lowest BCUT2D eigenvalue weighted by molar-refractivity contribution is -0.141. The number of urea groups is 1. The zero-order valence-electron chi connectivity index (χ0n) is 10.4. The van der Waals surface area contributed by atoms with Crippen molar-refractivity contribution in [3.63, 3.8) is 0 Å². The number of anilines is 1. The van der Waals surface area contributed by atoms with Crippen LogP contribution in [0, 0.1) is 15.3 Å². The summed E-state index contributed by atoms with van der Waals surface area (Å²) in [5.74, 6) is -2.13. The van der Waals surface area contributed by atoms with Gasteiger partial charge in [-0.15, -0.1) is 0 Å². The van der Waals surface area contributed by atoms with Crippen molar-refractivity contribution in [2.45, 2.75) is 19.9 Å². The second-order valence-electron chi connectivity index (χ2n) is 4.12. The van der Waals surface area contributed by atoms with E-state index in [4.69, 9.17) is 5.11 Å². The number of carbonyl (C=O) groups excluding carboxylic acids is 1. The fourth-order valence-electron chi connectivity index (χ4n) is 1.30. The molecule has 0 saturated heterocycles. The third-order valence-corrected chi connectivity index (χ3v) is 3.79. The van der Waals surface area contributed by atoms with Crippen LogP contribution < -0.4 is 10.6 Å². The Balaban J connectivity index is 2.66. The summed E-state index contributed by atoms with van der Waals surface area (Å²) in [6, 6.07) is 3.24. The predicted molar refractivity (Wildman–Crippen MR) is 77.5 cm³/mol. The third-order valence-electron chi connectivity index (χ3n) is 2.70. The predicted octanol–water partition coefficient (Wildman–Crippen LogP) is 2.66. The quantitative estimate of drug-likeness (QED) is 0.703. The first-order valence-electron chi connectivity index (χ1n) is 5.57. The first-order chi connectivity index (χ1) is 8.82. The highest BCUT2D eigenvalue weighted by Gasteiger charge is 2.21. The number of rotatable bonds is 4. The molecule has 0 saturated carbocycles. The van der Waals surface area contributed by atoms with Gasteiger partial charge in [-0.05, 0) is 48.6 Å². The minimum absolute atomic E-state index is 0.300. The van der Waals surface area contributed by atoms with Gasteiger partial charge in [0.05, 0.1) is 15.2 Å². The Hall–Kier alpha value is -1.38. The number of benzene rings is 1. The number of hydrogen-bond donors (Lipinski definition) is 3. The molecule has 19 heavy (non-hydrogen) atoms. The fourth-order valence-corrected chi connectivity index (χ4v) is 1.80. The molecule has 0 aliphatic carbocycles. The first kappa shape index (κ1) is 15.7. The van der Waals surface area contributed by atoms with Crippen LogP contribution in [0.4, 0.5) is 14.9 Å². The van der Waals surface area contributed by atoms with Gasteiger partial charge in [0, 0.05) is 6.04 Å². The van der Waals surface area contributed by atoms with Crippen LogP contribution in [-0.2, 0) is 4.79 Å². The van der Waals surface area contributed by atoms with Crippen LogP contribution in [0.1, 0.15) is 13.8 Å². The van der Waals surface area contributed by atoms with E-state index in [9.17, 15) is 14.0 Å². The van der Waals surface area contributed by atoms with Gasteiger partial charge in [0.15, 0.2) is 0 Å². The van der Waals surface area contributed by atoms with Crippen molar-refractivity contribution in [1.82, 2.24) is 5.32 Å². The van der Waals surface area contributed by atoms with Crippen molar-refractivity contribution in [1.29, 1.82) is 0 Å². The number of aliphatic carboxylic acids is 1. The van der Waals surface area contributed by atoms with Gasteiger partial charge in [0.2, 0.25) is 0 Å². The number of hydrogen-bond acceptors (Lipinski definition) is 2. The second-order valence-corrected chi connectivity index (χ2v) is 5.19. The summed E-state index contributed by atoms with van der Waals surface area (Å²) in [7, 11) is 0. The molecule has 2 amide bonds. The van der Waals surface area contributed by atoms with E-state index in [1.807, 2.05) is 0 Å². The summed E-state index contributed by atoms with van der Waals surface area (Å²) in [5.41, 5.74) is 0.341. The maximum absolute atomic E-state index is 13.3. The molecule has 2 atom stereocenters. The summed E-state index contributed by atoms with van der Waals surface area (Å²) in [4.78, 5) is 22.4. The first-order valence-corrected chi connectivity index (χ1v) is 6.65. The molecule has 1 rings (SSSR count). The van der Waals surface area contributed by atoms with Gasteiger partial charge in [-0.3, -0.25) is 4.79 Å². The number of amides is 2. The lowest BCUT2D eigenvalue weighted by Crippen LogP contribution is -2.42. The van der Waals surface area contributed by atoms with Gasteiger partial charge in [0.1, 0.15) is 5.82 Å². The molecule has 0 fully saturated rings. The van der Waals surface area contributed by atoms with E-state index in [0.717, 1.165) is 0 Å². The van der Waals surface area contributed by atoms with Gasteiger partial charge >= 0.3 is 12.0 Å². The maximum atomic E-state index is 13.3. The molecule has 3 N–H and O–H groups in total. The van der Waals surface area contributed by atoms with Crippen LogP contribution in [0.15, 0.2) is 18.2 Å². The van der Waals surface area contributed by atoms with Crippen molar-refractivity contribution in [2.24, 2.45) is 5.92 Å². The molecule has 0 radical (unpaired) electrons. The molecule has 1 aromatic rings. The van der Waals surface area contributed by atoms with E-state index < -0.39 is 29.8 Å². The molecule has 5 nitrogen and oxygen atoms in total. The van der Waals surface area contributed by atoms with Gasteiger partial charge in [0.25, 0.3) is 0 Å². The van der Waals surface area contributed by atoms with Crippen LogP contribution in [0.5, 0.6) is 0 Å². The Kier molecular flexibility index (Phi) is 5.52. The normalized spacial score (nSPS) is 13.5. The summed E-state index contributed by atoms with van der Waals surface area (Å²) >= 11 is 1.78. The Labute approximate surface area is 123 Å². The fraction of sp³-hybridized carbons (Fsp3) is 0.333. The zero-order valence-corrected chi connectivity index (χ0v) is 12.6. The molecule has 0 aromatic heterocycles. The van der Waals surface area contributed by atoms with Crippen LogP contribution in [0.25, 0.3) is 0 Å². The molecule has 2 unspecified atom stereocenters. The van der Waals surface area contributed by atoms with Gasteiger partial charge in [-0.2, -0.15) is 0 Å². The summed E-state index contributed by atoms with van der Waals surface area (Å²) in [5, 5.41) is 13.8. The number of carboxylic acid groups (broad SMARTS) is 1. The molecule has 1 aromatic carbocycles. The molecular formula is C12H14FIN2O3. The lowest BCUT2D eigenvalue weighted by atomic mass is 10.0. The Bertz CT molecular complexity index is 496. The van der Waals surface area contributed by atoms with Gasteiger partial charge < -0.3 is 15.7 Å². The molecule has 0 aliphatic rings. The van der Waals surface area contributed by atoms with Crippen molar-refractivity contribution in [3.8, 4) is 0 Å². The van der Waals surface area contributed by atoms with E-state index >= 15 is 0 Å². The highest BCUT2D eigenvalue weighted by molar-refractivity contribution is 14.1. The Morgan fingerprint density at radius 2 is 2.00 bits per heavy atom. The number of halogens is 2. The van der Waals surface area contributed by atoms with Crippen LogP contribution in [-0.4, -0.2) is 23.1 Å². The SMILES string of the molecule is CC(NC(=O)Nc1cccc(F)c1I)C(C)C(=O)O. The summed E-state index contributed by atoms with van der Waals surface area (Å²) in [6.07, 6.45) is 0. The highest BCUT2D eigenvalue weighted by atomic mass is 127. The summed E-state index contributed by atoms with van der Waals surface area (Å²) in [6.45, 7) is 3.09. The minimum Gasteiger partial charge on any atom is -0.481 e. The Morgan fingerprint density at radius 1 is 1.37 bits per heavy atom. The largest absolute Gasteiger partial charge is 0.481 e. The van der Waals surface area contributed by atoms with E-state index in [-0.39, 0.29) is 0 Å². The zero-order chi connectivity index (χ0) is 14.6. The lowest BCUT2D eigenvalue weighted by Gasteiger charge is -2.18. The molecule has 0 aliphatic heterocycles. The Morgan fingerprint density at radius 3 is 2.58 bits per heavy atom. The monoisotopic (exact) mass is 380 g/mol. The van der Waals surface area contributed by atoms with E-state index in [2.05, 4.69) is 10.6 Å². The number of nitrogens with one attached hydrogen (secondary N) is 2. The maximum Gasteiger partial charge on any atom is 0.319 e. The second kappa shape index (κ2) is 6.69. The molecule has 7 heteroatoms. The van der Waals surface area contributed by atoms with E-state index in [1.165, 1.54) is 19.1 Å². The average Bonchev–Trinajstić information content (AvgIpc) is 2.33. The molecule has 0 heterocycles. The van der Waals surface area contributed by atoms with Crippen molar-refractivity contribution in [3.05, 3.63) is 27.6 Å². The standard InChI is InChI=1S/C12H14FIN2O3/c1-6(11(17)18)7(2)15-12(19)16-9-5-3-4-8(13)10(9)14/h3-7H,1-2H3,(H,17,18)(H2,15,16,19). The molecule has 104 valence electrons. The van der Waals surface area contributed by atoms with Crippen molar-refractivity contribution < 1.29 is 19.1 Å². The molecule has 0 spiro atoms. The van der Waals surface area contributed by atoms with Gasteiger partial charge in [-0.1, -0.05) is 6.07 Å². The number of carbonyl (C=O) groups is 2. The van der Waals surface area contributed by atoms with Crippen LogP contribution in [0.2, 0.25) is 0 Å². The average molecular weight is 380 g/mol. The smallest absolute Gasteiger partial charge is 0.319 e. The molecular weight excluding hydrogens is 366 g/mol. The topological polar surface area (TPSA) is 78.4 Å². The molecule has 0 bridgehead atoms. The van der Waals surface area contributed by atoms with E-state index in [1.54, 1.807) is 35.6 Å². The van der Waals surface area contributed by atoms with Crippen LogP contribution in [0.3, 0.4) is 0 Å². The number of carboxylic acids is 1. The third kappa shape index (κ3) is 4.34. The van der Waals surface area contributed by atoms with Crippen molar-refractivity contribution in [2.75, 3.05) is 5.32 Å². The van der Waals surface area contributed by atoms with Crippen LogP contribution >= 0.6 is 22.6 Å². The van der Waals surface area contributed by atoms with Crippen molar-refractivity contribution >= 4 is 40.3 Å². The van der Waals surface area contributed by atoms with E-state index in [0.29, 0.717) is 9.26 Å². The summed E-state index contributed by atoms with van der Waals surface area (Å²) < 4.78 is 13.6.